The fraction of sp³-hybridized carbons (Fsp3) is 0.944. The first-order chi connectivity index (χ1) is 10.2. The molecule has 0 spiro atoms. The molecule has 0 saturated heterocycles. The summed E-state index contributed by atoms with van der Waals surface area (Å²) in [4.78, 5) is 4.77. The Morgan fingerprint density at radius 2 is 1.81 bits per heavy atom. The SMILES string of the molecule is CCCC1CN=C(NC(C)C23CC4CC(CC(C4)C2)C3)S1. The standard InChI is InChI=1S/C18H30N2S/c1-3-4-16-11-19-17(21-16)20-12(2)18-8-13-5-14(9-18)7-15(6-13)10-18/h12-16H,3-11H2,1-2H3,(H,19,20). The molecule has 0 amide bonds. The second-order valence-corrected chi connectivity index (χ2v) is 9.61. The van der Waals surface area contributed by atoms with Gasteiger partial charge in [0, 0.05) is 11.3 Å². The van der Waals surface area contributed by atoms with Crippen molar-refractivity contribution in [3.05, 3.63) is 0 Å². The van der Waals surface area contributed by atoms with Gasteiger partial charge in [0.25, 0.3) is 0 Å². The van der Waals surface area contributed by atoms with Crippen LogP contribution in [0.5, 0.6) is 0 Å². The minimum absolute atomic E-state index is 0.598. The third-order valence-corrected chi connectivity index (χ3v) is 7.86. The van der Waals surface area contributed by atoms with Crippen LogP contribution in [0.1, 0.15) is 65.2 Å². The lowest BCUT2D eigenvalue weighted by Gasteiger charge is -2.59. The number of hydrogen-bond acceptors (Lipinski definition) is 3. The first-order valence-corrected chi connectivity index (χ1v) is 10.0. The highest BCUT2D eigenvalue weighted by atomic mass is 32.2. The van der Waals surface area contributed by atoms with E-state index < -0.39 is 0 Å². The summed E-state index contributed by atoms with van der Waals surface area (Å²) in [6, 6.07) is 0.623. The van der Waals surface area contributed by atoms with E-state index in [9.17, 15) is 0 Å². The van der Waals surface area contributed by atoms with Crippen LogP contribution in [0.4, 0.5) is 0 Å². The van der Waals surface area contributed by atoms with Gasteiger partial charge in [-0.05, 0) is 75.0 Å². The Labute approximate surface area is 133 Å². The van der Waals surface area contributed by atoms with Crippen LogP contribution >= 0.6 is 11.8 Å². The Bertz CT molecular complexity index is 396. The molecule has 5 aliphatic rings. The monoisotopic (exact) mass is 306 g/mol. The number of thioether (sulfide) groups is 1. The smallest absolute Gasteiger partial charge is 0.157 e. The number of nitrogens with zero attached hydrogens (tertiary/aromatic N) is 1. The largest absolute Gasteiger partial charge is 0.362 e. The molecule has 2 nitrogen and oxygen atoms in total. The quantitative estimate of drug-likeness (QED) is 0.829. The zero-order chi connectivity index (χ0) is 14.4. The van der Waals surface area contributed by atoms with E-state index in [1.54, 1.807) is 19.3 Å². The second-order valence-electron chi connectivity index (χ2n) is 8.32. The van der Waals surface area contributed by atoms with Crippen molar-refractivity contribution in [2.24, 2.45) is 28.2 Å². The number of amidine groups is 1. The topological polar surface area (TPSA) is 24.4 Å². The van der Waals surface area contributed by atoms with Gasteiger partial charge in [0.15, 0.2) is 5.17 Å². The minimum Gasteiger partial charge on any atom is -0.362 e. The lowest BCUT2D eigenvalue weighted by atomic mass is 9.48. The summed E-state index contributed by atoms with van der Waals surface area (Å²) in [6.45, 7) is 5.77. The van der Waals surface area contributed by atoms with Crippen LogP contribution in [0.2, 0.25) is 0 Å². The normalized spacial score (nSPS) is 45.7. The Morgan fingerprint density at radius 3 is 2.38 bits per heavy atom. The molecule has 3 heteroatoms. The van der Waals surface area contributed by atoms with Gasteiger partial charge in [0.1, 0.15) is 0 Å². The fourth-order valence-corrected chi connectivity index (χ4v) is 7.23. The average molecular weight is 307 g/mol. The molecular formula is C18H30N2S. The molecule has 4 aliphatic carbocycles. The molecule has 21 heavy (non-hydrogen) atoms. The molecule has 1 N–H and O–H groups in total. The van der Waals surface area contributed by atoms with E-state index in [-0.39, 0.29) is 0 Å². The summed E-state index contributed by atoms with van der Waals surface area (Å²) in [7, 11) is 0. The number of hydrogen-bond donors (Lipinski definition) is 1. The van der Waals surface area contributed by atoms with Crippen molar-refractivity contribution in [2.75, 3.05) is 6.54 Å². The molecule has 0 aromatic carbocycles. The zero-order valence-corrected chi connectivity index (χ0v) is 14.4. The van der Waals surface area contributed by atoms with E-state index in [0.29, 0.717) is 11.5 Å². The van der Waals surface area contributed by atoms with Gasteiger partial charge in [-0.3, -0.25) is 4.99 Å². The molecule has 0 aromatic rings. The van der Waals surface area contributed by atoms with E-state index in [2.05, 4.69) is 19.2 Å². The molecule has 4 bridgehead atoms. The van der Waals surface area contributed by atoms with Crippen LogP contribution in [0, 0.1) is 23.2 Å². The van der Waals surface area contributed by atoms with E-state index in [0.717, 1.165) is 29.5 Å². The average Bonchev–Trinajstić information content (AvgIpc) is 2.85. The minimum atomic E-state index is 0.598. The highest BCUT2D eigenvalue weighted by Gasteiger charge is 2.53. The molecule has 4 fully saturated rings. The summed E-state index contributed by atoms with van der Waals surface area (Å²) in [6.07, 6.45) is 11.7. The third kappa shape index (κ3) is 2.64. The van der Waals surface area contributed by atoms with Crippen LogP contribution in [-0.4, -0.2) is 23.0 Å². The first-order valence-electron chi connectivity index (χ1n) is 9.14. The van der Waals surface area contributed by atoms with Gasteiger partial charge in [-0.1, -0.05) is 25.1 Å². The van der Waals surface area contributed by atoms with Crippen molar-refractivity contribution in [1.29, 1.82) is 0 Å². The van der Waals surface area contributed by atoms with E-state index in [4.69, 9.17) is 4.99 Å². The Balaban J connectivity index is 1.40. The van der Waals surface area contributed by atoms with Crippen LogP contribution in [0.15, 0.2) is 4.99 Å². The first kappa shape index (κ1) is 14.4. The van der Waals surface area contributed by atoms with Crippen LogP contribution < -0.4 is 5.32 Å². The molecule has 1 heterocycles. The Hall–Kier alpha value is -0.180. The lowest BCUT2D eigenvalue weighted by molar-refractivity contribution is -0.0671. The van der Waals surface area contributed by atoms with E-state index in [1.807, 2.05) is 11.8 Å². The molecular weight excluding hydrogens is 276 g/mol. The van der Waals surface area contributed by atoms with E-state index in [1.165, 1.54) is 37.3 Å². The van der Waals surface area contributed by atoms with Crippen LogP contribution in [0.3, 0.4) is 0 Å². The van der Waals surface area contributed by atoms with Crippen LogP contribution in [-0.2, 0) is 0 Å². The van der Waals surface area contributed by atoms with Crippen molar-refractivity contribution < 1.29 is 0 Å². The molecule has 0 radical (unpaired) electrons. The molecule has 0 aromatic heterocycles. The van der Waals surface area contributed by atoms with Crippen molar-refractivity contribution in [2.45, 2.75) is 76.5 Å². The van der Waals surface area contributed by atoms with Crippen molar-refractivity contribution in [1.82, 2.24) is 5.32 Å². The van der Waals surface area contributed by atoms with Crippen molar-refractivity contribution in [3.63, 3.8) is 0 Å². The highest BCUT2D eigenvalue weighted by molar-refractivity contribution is 8.14. The summed E-state index contributed by atoms with van der Waals surface area (Å²) in [5, 5.41) is 5.82. The fourth-order valence-electron chi connectivity index (χ4n) is 6.02. The number of nitrogens with one attached hydrogen (secondary N) is 1. The molecule has 118 valence electrons. The predicted octanol–water partition coefficient (Wildman–Crippen LogP) is 4.45. The molecule has 4 saturated carbocycles. The summed E-state index contributed by atoms with van der Waals surface area (Å²) >= 11 is 2.01. The maximum atomic E-state index is 4.77. The molecule has 1 aliphatic heterocycles. The van der Waals surface area contributed by atoms with Gasteiger partial charge in [0.2, 0.25) is 0 Å². The summed E-state index contributed by atoms with van der Waals surface area (Å²) in [5.74, 6) is 3.14. The van der Waals surface area contributed by atoms with Gasteiger partial charge in [-0.15, -0.1) is 0 Å². The number of aliphatic imine (C=N–C) groups is 1. The lowest BCUT2D eigenvalue weighted by Crippen LogP contribution is -2.55. The van der Waals surface area contributed by atoms with Crippen LogP contribution in [0.25, 0.3) is 0 Å². The van der Waals surface area contributed by atoms with E-state index >= 15 is 0 Å². The van der Waals surface area contributed by atoms with Crippen molar-refractivity contribution >= 4 is 16.9 Å². The highest BCUT2D eigenvalue weighted by Crippen LogP contribution is 2.61. The van der Waals surface area contributed by atoms with Gasteiger partial charge in [-0.2, -0.15) is 0 Å². The maximum Gasteiger partial charge on any atom is 0.157 e. The van der Waals surface area contributed by atoms with Gasteiger partial charge in [-0.25, -0.2) is 0 Å². The number of rotatable bonds is 4. The van der Waals surface area contributed by atoms with Gasteiger partial charge in [0.05, 0.1) is 6.54 Å². The van der Waals surface area contributed by atoms with Gasteiger partial charge >= 0.3 is 0 Å². The maximum absolute atomic E-state index is 4.77. The Morgan fingerprint density at radius 1 is 1.19 bits per heavy atom. The second kappa shape index (κ2) is 5.47. The molecule has 2 unspecified atom stereocenters. The third-order valence-electron chi connectivity index (χ3n) is 6.67. The summed E-state index contributed by atoms with van der Waals surface area (Å²) in [5.41, 5.74) is 0.598. The van der Waals surface area contributed by atoms with Crippen molar-refractivity contribution in [3.8, 4) is 0 Å². The molecule has 5 rings (SSSR count). The summed E-state index contributed by atoms with van der Waals surface area (Å²) < 4.78 is 0. The zero-order valence-electron chi connectivity index (χ0n) is 13.6. The molecule has 2 atom stereocenters. The van der Waals surface area contributed by atoms with Gasteiger partial charge < -0.3 is 5.32 Å². The Kier molecular flexibility index (Phi) is 3.76. The predicted molar refractivity (Wildman–Crippen MR) is 91.8 cm³/mol.